The molecule has 1 rings (SSSR count). The SMILES string of the molecule is CCCCCCCCCCCCCCOC(=O)CCN(CCCN(CCN(CCCN(CCC(=O)OCCCCCCCCCCCCCC)CCC(=O)OCCCCCCCCCCCCCC)C1CCCCC1)C(C)CC)CCC(=O)OCCCCCCCCCCCCCC. The molecular weight excluding hydrogens is 1220 g/mol. The Kier molecular flexibility index (Phi) is 71.2. The molecule has 98 heavy (non-hydrogen) atoms. The van der Waals surface area contributed by atoms with Crippen LogP contribution < -0.4 is 0 Å². The van der Waals surface area contributed by atoms with Crippen molar-refractivity contribution in [2.24, 2.45) is 0 Å². The minimum Gasteiger partial charge on any atom is -0.466 e. The molecule has 1 saturated carbocycles. The Morgan fingerprint density at radius 3 is 0.776 bits per heavy atom. The molecule has 0 aliphatic heterocycles. The highest BCUT2D eigenvalue weighted by molar-refractivity contribution is 5.71. The molecule has 12 heteroatoms. The van der Waals surface area contributed by atoms with E-state index < -0.39 is 0 Å². The van der Waals surface area contributed by atoms with Gasteiger partial charge in [-0.05, 0) is 90.9 Å². The summed E-state index contributed by atoms with van der Waals surface area (Å²) in [6.07, 6.45) is 72.1. The molecule has 0 aromatic carbocycles. The molecule has 12 nitrogen and oxygen atoms in total. The first-order chi connectivity index (χ1) is 48.2. The Bertz CT molecular complexity index is 1610. The highest BCUT2D eigenvalue weighted by Gasteiger charge is 2.24. The maximum atomic E-state index is 13.2. The first-order valence-electron chi connectivity index (χ1n) is 43.7. The van der Waals surface area contributed by atoms with Crippen LogP contribution in [0.25, 0.3) is 0 Å². The van der Waals surface area contributed by atoms with E-state index >= 15 is 0 Å². The first-order valence-corrected chi connectivity index (χ1v) is 43.7. The molecular formula is C86H168N4O8. The van der Waals surface area contributed by atoms with Gasteiger partial charge in [0.1, 0.15) is 0 Å². The summed E-state index contributed by atoms with van der Waals surface area (Å²) in [5.41, 5.74) is 0. The van der Waals surface area contributed by atoms with Crippen LogP contribution in [-0.4, -0.2) is 147 Å². The molecule has 0 heterocycles. The summed E-state index contributed by atoms with van der Waals surface area (Å²) >= 11 is 0. The summed E-state index contributed by atoms with van der Waals surface area (Å²) in [5.74, 6) is -0.527. The lowest BCUT2D eigenvalue weighted by Gasteiger charge is -2.37. The van der Waals surface area contributed by atoms with E-state index in [1.807, 2.05) is 0 Å². The van der Waals surface area contributed by atoms with E-state index in [4.69, 9.17) is 18.9 Å². The largest absolute Gasteiger partial charge is 0.466 e. The Morgan fingerprint density at radius 2 is 0.520 bits per heavy atom. The van der Waals surface area contributed by atoms with Crippen molar-refractivity contribution in [2.45, 2.75) is 439 Å². The number of carbonyl (C=O) groups is 4. The van der Waals surface area contributed by atoms with Crippen LogP contribution in [0.3, 0.4) is 0 Å². The van der Waals surface area contributed by atoms with Crippen molar-refractivity contribution in [1.29, 1.82) is 0 Å². The second kappa shape index (κ2) is 74.4. The molecule has 0 amide bonds. The van der Waals surface area contributed by atoms with Crippen LogP contribution in [0, 0.1) is 0 Å². The summed E-state index contributed by atoms with van der Waals surface area (Å²) in [5, 5.41) is 0. The Hall–Kier alpha value is -2.28. The van der Waals surface area contributed by atoms with Crippen LogP contribution in [0.4, 0.5) is 0 Å². The van der Waals surface area contributed by atoms with Crippen LogP contribution in [0.1, 0.15) is 427 Å². The summed E-state index contributed by atoms with van der Waals surface area (Å²) in [4.78, 5) is 62.9. The predicted octanol–water partition coefficient (Wildman–Crippen LogP) is 23.6. The van der Waals surface area contributed by atoms with Crippen LogP contribution in [0.2, 0.25) is 0 Å². The van der Waals surface area contributed by atoms with Gasteiger partial charge < -0.3 is 28.7 Å². The number of ether oxygens (including phenoxy) is 4. The molecule has 1 atom stereocenters. The maximum Gasteiger partial charge on any atom is 0.307 e. The third-order valence-electron chi connectivity index (χ3n) is 21.4. The van der Waals surface area contributed by atoms with E-state index in [-0.39, 0.29) is 23.9 Å². The van der Waals surface area contributed by atoms with Gasteiger partial charge in [0.05, 0.1) is 52.1 Å². The number of nitrogens with zero attached hydrogens (tertiary/aromatic N) is 4. The predicted molar refractivity (Wildman–Crippen MR) is 419 cm³/mol. The van der Waals surface area contributed by atoms with Crippen molar-refractivity contribution in [3.63, 3.8) is 0 Å². The number of esters is 4. The van der Waals surface area contributed by atoms with Gasteiger partial charge in [0, 0.05) is 51.4 Å². The maximum absolute atomic E-state index is 13.2. The highest BCUT2D eigenvalue weighted by Crippen LogP contribution is 2.24. The van der Waals surface area contributed by atoms with Crippen LogP contribution in [-0.2, 0) is 38.1 Å². The molecule has 0 spiro atoms. The Balaban J connectivity index is 2.91. The normalized spacial score (nSPS) is 13.2. The van der Waals surface area contributed by atoms with Gasteiger partial charge in [-0.3, -0.25) is 29.0 Å². The molecule has 1 aliphatic rings. The van der Waals surface area contributed by atoms with Crippen molar-refractivity contribution in [3.05, 3.63) is 0 Å². The van der Waals surface area contributed by atoms with Gasteiger partial charge in [0.2, 0.25) is 0 Å². The van der Waals surface area contributed by atoms with Crippen molar-refractivity contribution in [3.8, 4) is 0 Å². The van der Waals surface area contributed by atoms with E-state index in [9.17, 15) is 19.2 Å². The number of rotatable bonds is 78. The minimum absolute atomic E-state index is 0.129. The van der Waals surface area contributed by atoms with Gasteiger partial charge in [-0.25, -0.2) is 0 Å². The average molecular weight is 1390 g/mol. The second-order valence-corrected chi connectivity index (χ2v) is 30.4. The van der Waals surface area contributed by atoms with Gasteiger partial charge in [0.15, 0.2) is 0 Å². The lowest BCUT2D eigenvalue weighted by Crippen LogP contribution is -2.45. The standard InChI is InChI=1S/C86H168N4O8/c1-7-12-16-20-24-28-32-36-40-44-48-55-77-95-83(91)63-71-87(72-64-84(92)96-78-56-49-45-41-37-33-29-25-21-17-13-8-2)67-59-69-89(81(6)11-5)75-76-90(82-61-53-52-54-62-82)70-60-68-88(73-65-85(93)97-79-57-50-46-42-38-34-30-26-22-18-14-9-3)74-66-86(94)98-80-58-51-47-43-39-35-31-27-23-19-15-10-4/h81-82H,7-80H2,1-6H3. The van der Waals surface area contributed by atoms with Gasteiger partial charge in [-0.1, -0.05) is 336 Å². The summed E-state index contributed by atoms with van der Waals surface area (Å²) in [7, 11) is 0. The third kappa shape index (κ3) is 63.4. The summed E-state index contributed by atoms with van der Waals surface area (Å²) < 4.78 is 23.2. The quantitative estimate of drug-likeness (QED) is 0.0328. The van der Waals surface area contributed by atoms with E-state index in [1.165, 1.54) is 289 Å². The second-order valence-electron chi connectivity index (χ2n) is 30.4. The summed E-state index contributed by atoms with van der Waals surface area (Å²) in [6, 6.07) is 0.993. The number of unbranched alkanes of at least 4 members (excludes halogenated alkanes) is 44. The van der Waals surface area contributed by atoms with Gasteiger partial charge in [-0.2, -0.15) is 0 Å². The molecule has 0 aromatic rings. The topological polar surface area (TPSA) is 118 Å². The Morgan fingerprint density at radius 1 is 0.276 bits per heavy atom. The van der Waals surface area contributed by atoms with Gasteiger partial charge in [0.25, 0.3) is 0 Å². The van der Waals surface area contributed by atoms with E-state index in [1.54, 1.807) is 0 Å². The summed E-state index contributed by atoms with van der Waals surface area (Å²) in [6.45, 7) is 23.7. The van der Waals surface area contributed by atoms with Crippen molar-refractivity contribution >= 4 is 23.9 Å². The Labute approximate surface area is 609 Å². The molecule has 1 unspecified atom stereocenters. The van der Waals surface area contributed by atoms with Crippen molar-refractivity contribution in [1.82, 2.24) is 19.6 Å². The fraction of sp³-hybridized carbons (Fsp3) is 0.953. The van der Waals surface area contributed by atoms with Crippen molar-refractivity contribution < 1.29 is 38.1 Å². The molecule has 0 bridgehead atoms. The molecule has 1 aliphatic carbocycles. The fourth-order valence-corrected chi connectivity index (χ4v) is 14.5. The van der Waals surface area contributed by atoms with Gasteiger partial charge >= 0.3 is 23.9 Å². The zero-order valence-corrected chi connectivity index (χ0v) is 66.5. The molecule has 1 fully saturated rings. The molecule has 0 saturated heterocycles. The molecule has 0 N–H and O–H groups in total. The smallest absolute Gasteiger partial charge is 0.307 e. The zero-order valence-electron chi connectivity index (χ0n) is 66.5. The molecule has 580 valence electrons. The van der Waals surface area contributed by atoms with E-state index in [2.05, 4.69) is 61.1 Å². The first kappa shape index (κ1) is 93.7. The molecule has 0 radical (unpaired) electrons. The molecule has 0 aromatic heterocycles. The van der Waals surface area contributed by atoms with Gasteiger partial charge in [-0.15, -0.1) is 0 Å². The third-order valence-corrected chi connectivity index (χ3v) is 21.4. The highest BCUT2D eigenvalue weighted by atomic mass is 16.5. The fourth-order valence-electron chi connectivity index (χ4n) is 14.5. The van der Waals surface area contributed by atoms with Crippen LogP contribution in [0.15, 0.2) is 0 Å². The number of hydrogen-bond acceptors (Lipinski definition) is 12. The van der Waals surface area contributed by atoms with Crippen LogP contribution >= 0.6 is 0 Å². The zero-order chi connectivity index (χ0) is 70.9. The minimum atomic E-state index is -0.134. The lowest BCUT2D eigenvalue weighted by molar-refractivity contribution is -0.146. The van der Waals surface area contributed by atoms with Crippen LogP contribution in [0.5, 0.6) is 0 Å². The lowest BCUT2D eigenvalue weighted by atomic mass is 9.94. The average Bonchev–Trinajstić information content (AvgIpc) is 0.999. The van der Waals surface area contributed by atoms with E-state index in [0.29, 0.717) is 90.4 Å². The number of carbonyl (C=O) groups excluding carboxylic acids is 4. The number of hydrogen-bond donors (Lipinski definition) is 0. The van der Waals surface area contributed by atoms with Crippen molar-refractivity contribution in [2.75, 3.05) is 91.9 Å². The van der Waals surface area contributed by atoms with E-state index in [0.717, 1.165) is 110 Å². The monoisotopic (exact) mass is 1390 g/mol.